The van der Waals surface area contributed by atoms with E-state index in [-0.39, 0.29) is 30.0 Å². The van der Waals surface area contributed by atoms with Gasteiger partial charge in [0.05, 0.1) is 11.5 Å². The van der Waals surface area contributed by atoms with Gasteiger partial charge in [-0.05, 0) is 70.4 Å². The molecule has 0 spiro atoms. The lowest BCUT2D eigenvalue weighted by Crippen LogP contribution is -2.69. The number of allylic oxidation sites excluding steroid dienone is 2. The summed E-state index contributed by atoms with van der Waals surface area (Å²) in [7, 11) is 0. The van der Waals surface area contributed by atoms with Crippen molar-refractivity contribution in [3.05, 3.63) is 35.1 Å². The topological polar surface area (TPSA) is 93.1 Å². The summed E-state index contributed by atoms with van der Waals surface area (Å²) < 4.78 is 11.7. The summed E-state index contributed by atoms with van der Waals surface area (Å²) in [6, 6.07) is 0. The first-order valence-electron chi connectivity index (χ1n) is 11.3. The van der Waals surface area contributed by atoms with Gasteiger partial charge in [-0.25, -0.2) is 4.79 Å². The molecule has 2 aliphatic heterocycles. The lowest BCUT2D eigenvalue weighted by molar-refractivity contribution is -0.193. The molecule has 2 N–H and O–H groups in total. The van der Waals surface area contributed by atoms with Gasteiger partial charge < -0.3 is 19.7 Å². The summed E-state index contributed by atoms with van der Waals surface area (Å²) in [6.45, 7) is 11.4. The lowest BCUT2D eigenvalue weighted by Gasteiger charge is -2.52. The van der Waals surface area contributed by atoms with Crippen molar-refractivity contribution in [2.45, 2.75) is 83.7 Å². The van der Waals surface area contributed by atoms with Crippen molar-refractivity contribution in [3.8, 4) is 0 Å². The van der Waals surface area contributed by atoms with Gasteiger partial charge in [0.2, 0.25) is 0 Å². The molecule has 0 aromatic heterocycles. The standard InChI is InChI=1S/C25H34O6/c1-13(2)11-19-25(29)16(5)17-8-7-15(4)24(17,28)22(27)21(25)23(6,31-19)10-9-18-14(3)12-20(26)30-18/h9,11-12,15-17,19,21,28-29H,7-8,10H2,1-6H3. The van der Waals surface area contributed by atoms with Crippen LogP contribution in [0.1, 0.15) is 60.8 Å². The average Bonchev–Trinajstić information content (AvgIpc) is 3.23. The Balaban J connectivity index is 1.80. The fourth-order valence-corrected chi connectivity index (χ4v) is 6.56. The van der Waals surface area contributed by atoms with Crippen molar-refractivity contribution >= 4 is 11.8 Å². The summed E-state index contributed by atoms with van der Waals surface area (Å²) in [4.78, 5) is 25.5. The SMILES string of the molecule is CC(C)=CC1OC(C)(CC=C2OC(=O)C=C2C)C2C(=O)C3(O)C(C)CCC3C(C)C12O. The second-order valence-electron chi connectivity index (χ2n) is 10.5. The number of carbonyl (C=O) groups excluding carboxylic acids is 2. The zero-order valence-corrected chi connectivity index (χ0v) is 19.3. The molecule has 2 saturated carbocycles. The minimum atomic E-state index is -1.45. The van der Waals surface area contributed by atoms with Gasteiger partial charge in [-0.3, -0.25) is 4.79 Å². The molecule has 0 radical (unpaired) electrons. The molecule has 4 rings (SSSR count). The number of fused-ring (bicyclic) bond motifs is 2. The van der Waals surface area contributed by atoms with E-state index in [0.717, 1.165) is 12.0 Å². The molecule has 1 saturated heterocycles. The Labute approximate surface area is 184 Å². The van der Waals surface area contributed by atoms with E-state index in [4.69, 9.17) is 9.47 Å². The maximum Gasteiger partial charge on any atom is 0.336 e. The first-order chi connectivity index (χ1) is 14.4. The van der Waals surface area contributed by atoms with Gasteiger partial charge in [-0.1, -0.05) is 25.5 Å². The Hall–Kier alpha value is -1.76. The van der Waals surface area contributed by atoms with Gasteiger partial charge in [0.25, 0.3) is 0 Å². The summed E-state index contributed by atoms with van der Waals surface area (Å²) in [6.07, 6.45) is 6.15. The first kappa shape index (κ1) is 22.4. The quantitative estimate of drug-likeness (QED) is 0.528. The minimum absolute atomic E-state index is 0.164. The van der Waals surface area contributed by atoms with Crippen molar-refractivity contribution in [2.24, 2.45) is 23.7 Å². The molecule has 0 aromatic rings. The van der Waals surface area contributed by atoms with Crippen LogP contribution in [-0.2, 0) is 19.1 Å². The van der Waals surface area contributed by atoms with Crippen molar-refractivity contribution in [2.75, 3.05) is 0 Å². The number of aliphatic hydroxyl groups is 2. The highest BCUT2D eigenvalue weighted by Crippen LogP contribution is 2.62. The molecule has 6 heteroatoms. The van der Waals surface area contributed by atoms with E-state index in [2.05, 4.69) is 0 Å². The normalized spacial score (nSPS) is 47.8. The smallest absolute Gasteiger partial charge is 0.336 e. The number of ketones is 1. The molecular formula is C25H34O6. The number of rotatable bonds is 3. The van der Waals surface area contributed by atoms with Crippen LogP contribution in [0.3, 0.4) is 0 Å². The molecular weight excluding hydrogens is 396 g/mol. The number of hydrogen-bond acceptors (Lipinski definition) is 6. The van der Waals surface area contributed by atoms with Gasteiger partial charge in [0, 0.05) is 12.0 Å². The highest BCUT2D eigenvalue weighted by molar-refractivity contribution is 5.94. The van der Waals surface area contributed by atoms with Crippen LogP contribution in [0.5, 0.6) is 0 Å². The van der Waals surface area contributed by atoms with E-state index >= 15 is 0 Å². The first-order valence-corrected chi connectivity index (χ1v) is 11.3. The minimum Gasteiger partial charge on any atom is -0.423 e. The summed E-state index contributed by atoms with van der Waals surface area (Å²) in [5, 5.41) is 23.7. The van der Waals surface area contributed by atoms with Gasteiger partial charge in [-0.2, -0.15) is 0 Å². The molecule has 2 heterocycles. The van der Waals surface area contributed by atoms with Crippen LogP contribution in [0, 0.1) is 23.7 Å². The molecule has 6 nitrogen and oxygen atoms in total. The number of cyclic esters (lactones) is 1. The lowest BCUT2D eigenvalue weighted by atomic mass is 9.53. The van der Waals surface area contributed by atoms with Crippen LogP contribution in [0.25, 0.3) is 0 Å². The maximum atomic E-state index is 13.9. The van der Waals surface area contributed by atoms with Gasteiger partial charge in [0.15, 0.2) is 5.78 Å². The number of hydrogen-bond donors (Lipinski definition) is 2. The molecule has 4 aliphatic rings. The Morgan fingerprint density at radius 2 is 1.90 bits per heavy atom. The molecule has 170 valence electrons. The molecule has 0 amide bonds. The predicted octanol–water partition coefficient (Wildman–Crippen LogP) is 3.23. The van der Waals surface area contributed by atoms with Crippen LogP contribution in [0.4, 0.5) is 0 Å². The van der Waals surface area contributed by atoms with Gasteiger partial charge >= 0.3 is 5.97 Å². The molecule has 3 fully saturated rings. The molecule has 2 aliphatic carbocycles. The van der Waals surface area contributed by atoms with Crippen molar-refractivity contribution in [3.63, 3.8) is 0 Å². The monoisotopic (exact) mass is 430 g/mol. The van der Waals surface area contributed by atoms with E-state index in [0.29, 0.717) is 17.8 Å². The second-order valence-corrected chi connectivity index (χ2v) is 10.5. The third-order valence-electron chi connectivity index (χ3n) is 8.25. The fraction of sp³-hybridized carbons (Fsp3) is 0.680. The van der Waals surface area contributed by atoms with E-state index in [1.165, 1.54) is 6.08 Å². The number of esters is 1. The number of Topliss-reactive ketones (excluding diaryl/α,β-unsaturated/α-hetero) is 1. The zero-order valence-electron chi connectivity index (χ0n) is 19.3. The van der Waals surface area contributed by atoms with Crippen LogP contribution in [0.2, 0.25) is 0 Å². The average molecular weight is 431 g/mol. The van der Waals surface area contributed by atoms with Crippen molar-refractivity contribution in [1.29, 1.82) is 0 Å². The number of ether oxygens (including phenoxy) is 2. The largest absolute Gasteiger partial charge is 0.423 e. The molecule has 0 aromatic carbocycles. The molecule has 31 heavy (non-hydrogen) atoms. The molecule has 8 atom stereocenters. The predicted molar refractivity (Wildman–Crippen MR) is 115 cm³/mol. The van der Waals surface area contributed by atoms with E-state index < -0.39 is 34.8 Å². The Bertz CT molecular complexity index is 911. The third kappa shape index (κ3) is 3.02. The summed E-state index contributed by atoms with van der Waals surface area (Å²) >= 11 is 0. The molecule has 0 bridgehead atoms. The van der Waals surface area contributed by atoms with E-state index in [9.17, 15) is 19.8 Å². The third-order valence-corrected chi connectivity index (χ3v) is 8.25. The van der Waals surface area contributed by atoms with E-state index in [1.807, 2.05) is 40.7 Å². The Kier molecular flexibility index (Phi) is 5.15. The van der Waals surface area contributed by atoms with Crippen LogP contribution in [0.15, 0.2) is 35.1 Å². The van der Waals surface area contributed by atoms with E-state index in [1.54, 1.807) is 13.0 Å². The zero-order chi connectivity index (χ0) is 22.9. The van der Waals surface area contributed by atoms with Gasteiger partial charge in [0.1, 0.15) is 23.1 Å². The Morgan fingerprint density at radius 1 is 1.23 bits per heavy atom. The maximum absolute atomic E-state index is 13.9. The summed E-state index contributed by atoms with van der Waals surface area (Å²) in [5.41, 5.74) is -2.22. The summed E-state index contributed by atoms with van der Waals surface area (Å²) in [5.74, 6) is -1.95. The molecule has 8 unspecified atom stereocenters. The van der Waals surface area contributed by atoms with Gasteiger partial charge in [-0.15, -0.1) is 0 Å². The number of carbonyl (C=O) groups is 2. The fourth-order valence-electron chi connectivity index (χ4n) is 6.56. The van der Waals surface area contributed by atoms with Crippen LogP contribution >= 0.6 is 0 Å². The van der Waals surface area contributed by atoms with Crippen molar-refractivity contribution < 1.29 is 29.3 Å². The highest BCUT2D eigenvalue weighted by atomic mass is 16.5. The van der Waals surface area contributed by atoms with Crippen molar-refractivity contribution in [1.82, 2.24) is 0 Å². The van der Waals surface area contributed by atoms with Crippen LogP contribution < -0.4 is 0 Å². The Morgan fingerprint density at radius 3 is 2.48 bits per heavy atom. The van der Waals surface area contributed by atoms with Crippen LogP contribution in [-0.4, -0.2) is 44.9 Å². The highest BCUT2D eigenvalue weighted by Gasteiger charge is 2.75. The second kappa shape index (κ2) is 7.12.